The van der Waals surface area contributed by atoms with Gasteiger partial charge in [-0.15, -0.1) is 0 Å². The molecular formula is C26H28N4O6S. The third kappa shape index (κ3) is 4.99. The second-order valence-corrected chi connectivity index (χ2v) is 10.9. The Balaban J connectivity index is 1.32. The first-order valence-corrected chi connectivity index (χ1v) is 13.4. The number of likely N-dealkylation sites (tertiary alicyclic amines) is 1. The van der Waals surface area contributed by atoms with Gasteiger partial charge in [-0.2, -0.15) is 0 Å². The van der Waals surface area contributed by atoms with Crippen LogP contribution >= 0.6 is 0 Å². The van der Waals surface area contributed by atoms with E-state index < -0.39 is 10.0 Å². The minimum Gasteiger partial charge on any atom is -0.497 e. The van der Waals surface area contributed by atoms with Crippen LogP contribution in [0.15, 0.2) is 70.4 Å². The molecule has 11 heteroatoms. The van der Waals surface area contributed by atoms with E-state index in [1.807, 2.05) is 0 Å². The van der Waals surface area contributed by atoms with Crippen molar-refractivity contribution < 1.29 is 22.7 Å². The van der Waals surface area contributed by atoms with E-state index in [0.717, 1.165) is 12.1 Å². The summed E-state index contributed by atoms with van der Waals surface area (Å²) in [5, 5.41) is 2.92. The number of nitrogens with zero attached hydrogens (tertiary/aromatic N) is 2. The maximum absolute atomic E-state index is 13.3. The van der Waals surface area contributed by atoms with E-state index in [9.17, 15) is 18.0 Å². The highest BCUT2D eigenvalue weighted by molar-refractivity contribution is 7.92. The molecule has 37 heavy (non-hydrogen) atoms. The predicted molar refractivity (Wildman–Crippen MR) is 139 cm³/mol. The summed E-state index contributed by atoms with van der Waals surface area (Å²) in [5.74, 6) is 1.30. The Kier molecular flexibility index (Phi) is 6.55. The zero-order valence-electron chi connectivity index (χ0n) is 20.5. The van der Waals surface area contributed by atoms with Crippen LogP contribution in [0.3, 0.4) is 0 Å². The highest BCUT2D eigenvalue weighted by atomic mass is 32.2. The van der Waals surface area contributed by atoms with E-state index in [2.05, 4.69) is 10.0 Å². The van der Waals surface area contributed by atoms with Gasteiger partial charge in [0.05, 0.1) is 19.1 Å². The molecule has 2 N–H and O–H groups in total. The fourth-order valence-corrected chi connectivity index (χ4v) is 6.08. The summed E-state index contributed by atoms with van der Waals surface area (Å²) in [7, 11) is -0.865. The molecule has 0 radical (unpaired) electrons. The van der Waals surface area contributed by atoms with Crippen LogP contribution in [0.25, 0.3) is 0 Å². The van der Waals surface area contributed by atoms with Crippen molar-refractivity contribution in [2.24, 2.45) is 5.92 Å². The molecule has 3 aromatic rings. The normalized spacial score (nSPS) is 18.5. The second kappa shape index (κ2) is 9.81. The monoisotopic (exact) mass is 524 g/mol. The maximum atomic E-state index is 13.3. The number of urea groups is 1. The van der Waals surface area contributed by atoms with Crippen LogP contribution in [0.4, 0.5) is 16.2 Å². The lowest BCUT2D eigenvalue weighted by Crippen LogP contribution is -2.50. The first-order chi connectivity index (χ1) is 17.8. The number of carbonyl (C=O) groups is 1. The number of sulfonamides is 1. The molecule has 2 atom stereocenters. The lowest BCUT2D eigenvalue weighted by Gasteiger charge is -2.42. The molecule has 2 amide bonds. The number of amides is 2. The van der Waals surface area contributed by atoms with E-state index >= 15 is 0 Å². The standard InChI is InChI=1S/C26H28N4O6S/c1-35-20-5-3-19(4-6-20)27-26(32)29-14-17-13-18(16-29)24-12-11-23(25(31)30(24)15-17)28-37(33,34)22-9-7-21(36-2)8-10-22/h3-12,17-18,28H,13-16H2,1-2H3,(H,27,32). The fourth-order valence-electron chi connectivity index (χ4n) is 5.02. The van der Waals surface area contributed by atoms with E-state index in [1.165, 1.54) is 25.3 Å². The number of carbonyl (C=O) groups excluding carboxylic acids is 1. The van der Waals surface area contributed by atoms with Gasteiger partial charge in [0.1, 0.15) is 17.2 Å². The van der Waals surface area contributed by atoms with Crippen molar-refractivity contribution in [2.75, 3.05) is 37.3 Å². The van der Waals surface area contributed by atoms with Gasteiger partial charge in [0.2, 0.25) is 0 Å². The van der Waals surface area contributed by atoms with E-state index in [-0.39, 0.29) is 34.0 Å². The summed E-state index contributed by atoms with van der Waals surface area (Å²) in [6.45, 7) is 1.39. The van der Waals surface area contributed by atoms with E-state index in [0.29, 0.717) is 36.8 Å². The molecule has 5 rings (SSSR count). The molecule has 0 saturated carbocycles. The predicted octanol–water partition coefficient (Wildman–Crippen LogP) is 3.32. The third-order valence-corrected chi connectivity index (χ3v) is 8.23. The van der Waals surface area contributed by atoms with Crippen LogP contribution < -0.4 is 25.1 Å². The molecule has 194 valence electrons. The minimum absolute atomic E-state index is 0.00588. The third-order valence-electron chi connectivity index (χ3n) is 6.85. The molecule has 0 aliphatic carbocycles. The number of fused-ring (bicyclic) bond motifs is 4. The van der Waals surface area contributed by atoms with Crippen molar-refractivity contribution in [3.05, 3.63) is 76.7 Å². The molecule has 1 saturated heterocycles. The van der Waals surface area contributed by atoms with E-state index in [4.69, 9.17) is 9.47 Å². The Bertz CT molecular complexity index is 1470. The van der Waals surface area contributed by atoms with Crippen LogP contribution in [0, 0.1) is 5.92 Å². The molecule has 2 unspecified atom stereocenters. The smallest absolute Gasteiger partial charge is 0.321 e. The SMILES string of the molecule is COc1ccc(NC(=O)N2CC3CC(C2)c2ccc(NS(=O)(=O)c4ccc(OC)cc4)c(=O)n2C3)cc1. The number of pyridine rings is 1. The number of aromatic nitrogens is 1. The Hall–Kier alpha value is -3.99. The van der Waals surface area contributed by atoms with Crippen LogP contribution in [0.1, 0.15) is 18.0 Å². The highest BCUT2D eigenvalue weighted by Crippen LogP contribution is 2.36. The molecule has 0 spiro atoms. The Morgan fingerprint density at radius 2 is 1.54 bits per heavy atom. The molecule has 1 aromatic heterocycles. The van der Waals surface area contributed by atoms with Gasteiger partial charge in [0.15, 0.2) is 0 Å². The van der Waals surface area contributed by atoms with Gasteiger partial charge in [-0.25, -0.2) is 13.2 Å². The average molecular weight is 525 g/mol. The zero-order chi connectivity index (χ0) is 26.2. The van der Waals surface area contributed by atoms with Gasteiger partial charge in [-0.05, 0) is 73.0 Å². The number of rotatable bonds is 6. The lowest BCUT2D eigenvalue weighted by atomic mass is 9.83. The molecular weight excluding hydrogens is 496 g/mol. The number of hydrogen-bond donors (Lipinski definition) is 2. The summed E-state index contributed by atoms with van der Waals surface area (Å²) >= 11 is 0. The molecule has 2 aromatic carbocycles. The van der Waals surface area contributed by atoms with Crippen molar-refractivity contribution >= 4 is 27.4 Å². The summed E-state index contributed by atoms with van der Waals surface area (Å²) in [5.41, 5.74) is 1.08. The van der Waals surface area contributed by atoms with Crippen molar-refractivity contribution in [1.29, 1.82) is 0 Å². The Labute approximate surface area is 214 Å². The number of benzene rings is 2. The van der Waals surface area contributed by atoms with Crippen molar-refractivity contribution in [1.82, 2.24) is 9.47 Å². The lowest BCUT2D eigenvalue weighted by molar-refractivity contribution is 0.139. The molecule has 1 fully saturated rings. The second-order valence-electron chi connectivity index (χ2n) is 9.23. The molecule has 2 bridgehead atoms. The quantitative estimate of drug-likeness (QED) is 0.511. The van der Waals surface area contributed by atoms with Gasteiger partial charge in [0, 0.05) is 36.9 Å². The fraction of sp³-hybridized carbons (Fsp3) is 0.308. The van der Waals surface area contributed by atoms with Crippen molar-refractivity contribution in [2.45, 2.75) is 23.8 Å². The van der Waals surface area contributed by atoms with Gasteiger partial charge in [0.25, 0.3) is 15.6 Å². The van der Waals surface area contributed by atoms with Crippen LogP contribution in [0.2, 0.25) is 0 Å². The number of anilines is 2. The van der Waals surface area contributed by atoms with Gasteiger partial charge < -0.3 is 24.3 Å². The molecule has 3 heterocycles. The van der Waals surface area contributed by atoms with E-state index in [1.54, 1.807) is 59.0 Å². The summed E-state index contributed by atoms with van der Waals surface area (Å²) < 4.78 is 40.0. The van der Waals surface area contributed by atoms with Crippen molar-refractivity contribution in [3.8, 4) is 11.5 Å². The maximum Gasteiger partial charge on any atom is 0.321 e. The number of nitrogens with one attached hydrogen (secondary N) is 2. The summed E-state index contributed by atoms with van der Waals surface area (Å²) in [6, 6.07) is 16.2. The average Bonchev–Trinajstić information content (AvgIpc) is 2.91. The first kappa shape index (κ1) is 24.7. The van der Waals surface area contributed by atoms with Gasteiger partial charge >= 0.3 is 6.03 Å². The highest BCUT2D eigenvalue weighted by Gasteiger charge is 2.37. The molecule has 2 aliphatic rings. The number of methoxy groups -OCH3 is 2. The molecule has 10 nitrogen and oxygen atoms in total. The number of hydrogen-bond acceptors (Lipinski definition) is 6. The summed E-state index contributed by atoms with van der Waals surface area (Å²) in [4.78, 5) is 28.0. The minimum atomic E-state index is -3.95. The Morgan fingerprint density at radius 3 is 2.19 bits per heavy atom. The first-order valence-electron chi connectivity index (χ1n) is 11.9. The van der Waals surface area contributed by atoms with Gasteiger partial charge in [-0.3, -0.25) is 9.52 Å². The topological polar surface area (TPSA) is 119 Å². The Morgan fingerprint density at radius 1 is 0.892 bits per heavy atom. The number of ether oxygens (including phenoxy) is 2. The van der Waals surface area contributed by atoms with Crippen LogP contribution in [-0.4, -0.2) is 51.2 Å². The van der Waals surface area contributed by atoms with Crippen LogP contribution in [0.5, 0.6) is 11.5 Å². The molecule has 2 aliphatic heterocycles. The zero-order valence-corrected chi connectivity index (χ0v) is 21.3. The van der Waals surface area contributed by atoms with Crippen LogP contribution in [-0.2, 0) is 16.6 Å². The summed E-state index contributed by atoms with van der Waals surface area (Å²) in [6.07, 6.45) is 0.864. The van der Waals surface area contributed by atoms with Gasteiger partial charge in [-0.1, -0.05) is 0 Å². The largest absolute Gasteiger partial charge is 0.497 e. The number of piperidine rings is 1. The van der Waals surface area contributed by atoms with Crippen molar-refractivity contribution in [3.63, 3.8) is 0 Å².